The molecule has 0 unspecified atom stereocenters. The van der Waals surface area contributed by atoms with Gasteiger partial charge in [-0.05, 0) is 48.2 Å². The highest BCUT2D eigenvalue weighted by Crippen LogP contribution is 2.31. The van der Waals surface area contributed by atoms with E-state index in [1.54, 1.807) is 6.07 Å². The summed E-state index contributed by atoms with van der Waals surface area (Å²) >= 11 is 0. The minimum atomic E-state index is -0.359. The Morgan fingerprint density at radius 2 is 1.61 bits per heavy atom. The van der Waals surface area contributed by atoms with E-state index < -0.39 is 0 Å². The molecule has 1 aliphatic heterocycles. The van der Waals surface area contributed by atoms with Gasteiger partial charge in [0.1, 0.15) is 5.75 Å². The molecule has 5 heteroatoms. The minimum Gasteiger partial charge on any atom is -0.484 e. The van der Waals surface area contributed by atoms with Gasteiger partial charge in [0.2, 0.25) is 5.91 Å². The maximum Gasteiger partial charge on any atom is 0.257 e. The first kappa shape index (κ1) is 20.7. The van der Waals surface area contributed by atoms with Crippen LogP contribution in [0.2, 0.25) is 0 Å². The van der Waals surface area contributed by atoms with Crippen LogP contribution in [0.5, 0.6) is 5.75 Å². The highest BCUT2D eigenvalue weighted by atomic mass is 16.5. The lowest BCUT2D eigenvalue weighted by Crippen LogP contribution is -2.41. The van der Waals surface area contributed by atoms with Crippen molar-refractivity contribution in [3.8, 4) is 5.75 Å². The molecule has 0 saturated heterocycles. The van der Waals surface area contributed by atoms with Crippen molar-refractivity contribution in [2.75, 3.05) is 18.5 Å². The molecule has 158 valence electrons. The van der Waals surface area contributed by atoms with Crippen molar-refractivity contribution in [2.45, 2.75) is 25.2 Å². The minimum absolute atomic E-state index is 0.0282. The number of ether oxygens (including phenoxy) is 1. The van der Waals surface area contributed by atoms with Crippen LogP contribution >= 0.6 is 0 Å². The summed E-state index contributed by atoms with van der Waals surface area (Å²) in [6.45, 7) is 2.53. The third kappa shape index (κ3) is 4.77. The monoisotopic (exact) mass is 414 g/mol. The summed E-state index contributed by atoms with van der Waals surface area (Å²) in [5, 5.41) is 5.88. The zero-order chi connectivity index (χ0) is 21.7. The number of hydrogen-bond acceptors (Lipinski definition) is 3. The fourth-order valence-electron chi connectivity index (χ4n) is 3.91. The van der Waals surface area contributed by atoms with Crippen LogP contribution in [-0.2, 0) is 21.4 Å². The second kappa shape index (κ2) is 9.04. The summed E-state index contributed by atoms with van der Waals surface area (Å²) in [4.78, 5) is 24.1. The Balaban J connectivity index is 1.40. The van der Waals surface area contributed by atoms with E-state index >= 15 is 0 Å². The average molecular weight is 415 g/mol. The standard InChI is InChI=1S/C26H26N2O3/c1-26(20-8-4-2-5-9-20,21-10-6-3-7-11-21)18-27-25(30)17-31-22-13-14-23-19(16-22)12-15-24(29)28-23/h2-11,13-14,16H,12,15,17-18H2,1H3,(H,27,30)(H,28,29). The molecule has 1 aliphatic rings. The van der Waals surface area contributed by atoms with E-state index in [-0.39, 0.29) is 23.8 Å². The smallest absolute Gasteiger partial charge is 0.257 e. The number of fused-ring (bicyclic) bond motifs is 1. The van der Waals surface area contributed by atoms with Gasteiger partial charge < -0.3 is 15.4 Å². The summed E-state index contributed by atoms with van der Waals surface area (Å²) in [7, 11) is 0. The van der Waals surface area contributed by atoms with Gasteiger partial charge in [-0.25, -0.2) is 0 Å². The molecular formula is C26H26N2O3. The highest BCUT2D eigenvalue weighted by Gasteiger charge is 2.29. The van der Waals surface area contributed by atoms with Crippen molar-refractivity contribution in [1.29, 1.82) is 0 Å². The lowest BCUT2D eigenvalue weighted by atomic mass is 9.76. The second-order valence-corrected chi connectivity index (χ2v) is 8.00. The summed E-state index contributed by atoms with van der Waals surface area (Å²) in [6, 6.07) is 25.9. The molecule has 5 nitrogen and oxygen atoms in total. The second-order valence-electron chi connectivity index (χ2n) is 8.00. The van der Waals surface area contributed by atoms with Gasteiger partial charge in [0.15, 0.2) is 6.61 Å². The van der Waals surface area contributed by atoms with E-state index in [2.05, 4.69) is 41.8 Å². The number of aryl methyl sites for hydroxylation is 1. The molecule has 3 aromatic rings. The predicted octanol–water partition coefficient (Wildman–Crippen LogP) is 4.07. The Kier molecular flexibility index (Phi) is 6.03. The zero-order valence-electron chi connectivity index (χ0n) is 17.6. The predicted molar refractivity (Wildman–Crippen MR) is 121 cm³/mol. The molecular weight excluding hydrogens is 388 g/mol. The summed E-state index contributed by atoms with van der Waals surface area (Å²) < 4.78 is 5.71. The molecule has 0 spiro atoms. The van der Waals surface area contributed by atoms with Crippen LogP contribution in [0.4, 0.5) is 5.69 Å². The van der Waals surface area contributed by atoms with E-state index in [1.165, 1.54) is 0 Å². The molecule has 2 N–H and O–H groups in total. The number of anilines is 1. The zero-order valence-corrected chi connectivity index (χ0v) is 17.6. The van der Waals surface area contributed by atoms with Crippen LogP contribution in [0.15, 0.2) is 78.9 Å². The van der Waals surface area contributed by atoms with Crippen molar-refractivity contribution >= 4 is 17.5 Å². The van der Waals surface area contributed by atoms with Crippen LogP contribution < -0.4 is 15.4 Å². The Morgan fingerprint density at radius 3 is 2.26 bits per heavy atom. The van der Waals surface area contributed by atoms with Gasteiger partial charge >= 0.3 is 0 Å². The molecule has 0 fully saturated rings. The maximum atomic E-state index is 12.6. The van der Waals surface area contributed by atoms with E-state index in [9.17, 15) is 9.59 Å². The van der Waals surface area contributed by atoms with E-state index in [1.807, 2.05) is 48.5 Å². The topological polar surface area (TPSA) is 67.4 Å². The first-order chi connectivity index (χ1) is 15.0. The molecule has 2 amide bonds. The molecule has 0 atom stereocenters. The Labute approximate surface area is 182 Å². The number of hydrogen-bond donors (Lipinski definition) is 2. The fraction of sp³-hybridized carbons (Fsp3) is 0.231. The lowest BCUT2D eigenvalue weighted by Gasteiger charge is -2.31. The lowest BCUT2D eigenvalue weighted by molar-refractivity contribution is -0.123. The normalized spacial score (nSPS) is 13.1. The number of amides is 2. The highest BCUT2D eigenvalue weighted by molar-refractivity contribution is 5.94. The van der Waals surface area contributed by atoms with Crippen LogP contribution in [0, 0.1) is 0 Å². The molecule has 1 heterocycles. The van der Waals surface area contributed by atoms with Crippen LogP contribution in [0.1, 0.15) is 30.0 Å². The summed E-state index contributed by atoms with van der Waals surface area (Å²) in [6.07, 6.45) is 1.14. The molecule has 0 radical (unpaired) electrons. The third-order valence-electron chi connectivity index (χ3n) is 5.80. The third-order valence-corrected chi connectivity index (χ3v) is 5.80. The quantitative estimate of drug-likeness (QED) is 0.612. The molecule has 3 aromatic carbocycles. The Morgan fingerprint density at radius 1 is 0.968 bits per heavy atom. The van der Waals surface area contributed by atoms with Gasteiger partial charge in [-0.3, -0.25) is 9.59 Å². The average Bonchev–Trinajstić information content (AvgIpc) is 2.82. The molecule has 4 rings (SSSR count). The summed E-state index contributed by atoms with van der Waals surface area (Å²) in [5.74, 6) is 0.475. The van der Waals surface area contributed by atoms with Gasteiger partial charge in [-0.15, -0.1) is 0 Å². The van der Waals surface area contributed by atoms with Crippen LogP contribution in [0.25, 0.3) is 0 Å². The van der Waals surface area contributed by atoms with Crippen LogP contribution in [-0.4, -0.2) is 25.0 Å². The maximum absolute atomic E-state index is 12.6. The number of benzene rings is 3. The van der Waals surface area contributed by atoms with Crippen molar-refractivity contribution in [2.24, 2.45) is 0 Å². The Bertz CT molecular complexity index is 1030. The molecule has 0 bridgehead atoms. The number of carbonyl (C=O) groups is 2. The fourth-order valence-corrected chi connectivity index (χ4v) is 3.91. The van der Waals surface area contributed by atoms with Crippen molar-refractivity contribution in [3.63, 3.8) is 0 Å². The number of carbonyl (C=O) groups excluding carboxylic acids is 2. The van der Waals surface area contributed by atoms with Crippen LogP contribution in [0.3, 0.4) is 0 Å². The van der Waals surface area contributed by atoms with E-state index in [4.69, 9.17) is 4.74 Å². The molecule has 31 heavy (non-hydrogen) atoms. The SMILES string of the molecule is CC(CNC(=O)COc1ccc2c(c1)CCC(=O)N2)(c1ccccc1)c1ccccc1. The molecule has 0 aromatic heterocycles. The van der Waals surface area contributed by atoms with E-state index in [0.29, 0.717) is 25.1 Å². The van der Waals surface area contributed by atoms with E-state index in [0.717, 1.165) is 22.4 Å². The number of rotatable bonds is 7. The first-order valence-corrected chi connectivity index (χ1v) is 10.5. The van der Waals surface area contributed by atoms with Crippen molar-refractivity contribution in [1.82, 2.24) is 5.32 Å². The van der Waals surface area contributed by atoms with Gasteiger partial charge in [0, 0.05) is 24.1 Å². The van der Waals surface area contributed by atoms with Crippen molar-refractivity contribution < 1.29 is 14.3 Å². The van der Waals surface area contributed by atoms with Gasteiger partial charge in [0.05, 0.1) is 0 Å². The van der Waals surface area contributed by atoms with Crippen molar-refractivity contribution in [3.05, 3.63) is 95.6 Å². The summed E-state index contributed by atoms with van der Waals surface area (Å²) in [5.41, 5.74) is 3.76. The number of nitrogens with one attached hydrogen (secondary N) is 2. The van der Waals surface area contributed by atoms with Gasteiger partial charge in [-0.2, -0.15) is 0 Å². The largest absolute Gasteiger partial charge is 0.484 e. The molecule has 0 saturated carbocycles. The Hall–Kier alpha value is -3.60. The van der Waals surface area contributed by atoms with Gasteiger partial charge in [0.25, 0.3) is 5.91 Å². The van der Waals surface area contributed by atoms with Gasteiger partial charge in [-0.1, -0.05) is 60.7 Å². The molecule has 0 aliphatic carbocycles. The first-order valence-electron chi connectivity index (χ1n) is 10.5.